The summed E-state index contributed by atoms with van der Waals surface area (Å²) in [5.74, 6) is 7.72. The molecule has 0 aromatic heterocycles. The van der Waals surface area contributed by atoms with Gasteiger partial charge in [0.15, 0.2) is 0 Å². The standard InChI is InChI=1S/C30H44O2/c1-3-19(2)20-11-14-23(15-12-20)31-30(27-16-13-21-7-4-5-8-24(21)27)32-29-18-22-17-28(29)26-10-6-9-25(22)26/h11-12,14-15,19,21-22,24-30H,3-10,13,16-18H2,1-2H3. The maximum absolute atomic E-state index is 7.07. The maximum atomic E-state index is 7.07. The average molecular weight is 437 g/mol. The van der Waals surface area contributed by atoms with Crippen LogP contribution in [0.5, 0.6) is 5.75 Å². The Balaban J connectivity index is 1.20. The SMILES string of the molecule is CCC(C)c1ccc(OC(OC2CC3CC2C2CCCC32)C2CCC3CCCCC32)cc1. The van der Waals surface area contributed by atoms with Gasteiger partial charge in [-0.05, 0) is 110 Å². The minimum absolute atomic E-state index is 0.0400. The number of hydrogen-bond acceptors (Lipinski definition) is 2. The van der Waals surface area contributed by atoms with Gasteiger partial charge in [-0.25, -0.2) is 0 Å². The number of rotatable bonds is 7. The van der Waals surface area contributed by atoms with Gasteiger partial charge in [0.2, 0.25) is 6.29 Å². The summed E-state index contributed by atoms with van der Waals surface area (Å²) < 4.78 is 13.8. The van der Waals surface area contributed by atoms with E-state index in [-0.39, 0.29) is 6.29 Å². The van der Waals surface area contributed by atoms with Crippen LogP contribution in [0.15, 0.2) is 24.3 Å². The molecule has 176 valence electrons. The van der Waals surface area contributed by atoms with Crippen LogP contribution in [0.4, 0.5) is 0 Å². The maximum Gasteiger partial charge on any atom is 0.203 e. The summed E-state index contributed by atoms with van der Waals surface area (Å²) in [4.78, 5) is 0. The van der Waals surface area contributed by atoms with E-state index < -0.39 is 0 Å². The van der Waals surface area contributed by atoms with E-state index >= 15 is 0 Å². The molecule has 5 fully saturated rings. The first kappa shape index (κ1) is 21.5. The van der Waals surface area contributed by atoms with Crippen molar-refractivity contribution in [2.24, 2.45) is 41.4 Å². The molecule has 1 aromatic carbocycles. The van der Waals surface area contributed by atoms with Crippen LogP contribution in [0.3, 0.4) is 0 Å². The van der Waals surface area contributed by atoms with Gasteiger partial charge in [-0.15, -0.1) is 0 Å². The van der Waals surface area contributed by atoms with Crippen molar-refractivity contribution in [2.45, 2.75) is 109 Å². The zero-order valence-electron chi connectivity index (χ0n) is 20.4. The van der Waals surface area contributed by atoms with Gasteiger partial charge in [0.25, 0.3) is 0 Å². The molecule has 0 heterocycles. The van der Waals surface area contributed by atoms with E-state index in [1.54, 1.807) is 0 Å². The summed E-state index contributed by atoms with van der Waals surface area (Å²) in [5.41, 5.74) is 1.42. The highest BCUT2D eigenvalue weighted by molar-refractivity contribution is 5.29. The average Bonchev–Trinajstić information content (AvgIpc) is 3.60. The minimum atomic E-state index is -0.0400. The fraction of sp³-hybridized carbons (Fsp3) is 0.800. The molecule has 2 bridgehead atoms. The summed E-state index contributed by atoms with van der Waals surface area (Å²) in [6.07, 6.45) is 17.1. The molecule has 5 saturated carbocycles. The lowest BCUT2D eigenvalue weighted by Gasteiger charge is -2.38. The topological polar surface area (TPSA) is 18.5 Å². The number of hydrogen-bond donors (Lipinski definition) is 0. The second-order valence-electron chi connectivity index (χ2n) is 12.1. The summed E-state index contributed by atoms with van der Waals surface area (Å²) in [6.45, 7) is 4.58. The van der Waals surface area contributed by atoms with Crippen molar-refractivity contribution >= 4 is 0 Å². The number of fused-ring (bicyclic) bond motifs is 6. The van der Waals surface area contributed by atoms with Crippen LogP contribution in [0.1, 0.15) is 102 Å². The number of benzene rings is 1. The first-order chi connectivity index (χ1) is 15.7. The van der Waals surface area contributed by atoms with Crippen molar-refractivity contribution in [3.63, 3.8) is 0 Å². The lowest BCUT2D eigenvalue weighted by molar-refractivity contribution is -0.176. The van der Waals surface area contributed by atoms with Crippen LogP contribution in [-0.2, 0) is 4.74 Å². The third-order valence-corrected chi connectivity index (χ3v) is 10.7. The Morgan fingerprint density at radius 1 is 0.781 bits per heavy atom. The molecule has 32 heavy (non-hydrogen) atoms. The lowest BCUT2D eigenvalue weighted by atomic mass is 9.77. The molecule has 5 aliphatic carbocycles. The van der Waals surface area contributed by atoms with Crippen molar-refractivity contribution in [3.8, 4) is 5.75 Å². The molecular formula is C30H44O2. The van der Waals surface area contributed by atoms with Gasteiger partial charge in [0.1, 0.15) is 5.75 Å². The van der Waals surface area contributed by atoms with Crippen LogP contribution >= 0.6 is 0 Å². The summed E-state index contributed by atoms with van der Waals surface area (Å²) >= 11 is 0. The molecule has 0 N–H and O–H groups in total. The van der Waals surface area contributed by atoms with Crippen LogP contribution in [0.25, 0.3) is 0 Å². The quantitative estimate of drug-likeness (QED) is 0.404. The van der Waals surface area contributed by atoms with E-state index in [1.165, 1.54) is 82.6 Å². The van der Waals surface area contributed by atoms with Gasteiger partial charge in [0, 0.05) is 5.92 Å². The lowest BCUT2D eigenvalue weighted by Crippen LogP contribution is -2.41. The van der Waals surface area contributed by atoms with Crippen molar-refractivity contribution in [2.75, 3.05) is 0 Å². The van der Waals surface area contributed by atoms with Crippen LogP contribution in [0.2, 0.25) is 0 Å². The molecule has 6 rings (SSSR count). The summed E-state index contributed by atoms with van der Waals surface area (Å²) in [7, 11) is 0. The van der Waals surface area contributed by atoms with Gasteiger partial charge in [0.05, 0.1) is 6.10 Å². The van der Waals surface area contributed by atoms with Crippen molar-refractivity contribution in [3.05, 3.63) is 29.8 Å². The van der Waals surface area contributed by atoms with Crippen molar-refractivity contribution in [1.82, 2.24) is 0 Å². The Bertz CT molecular complexity index is 772. The second kappa shape index (κ2) is 8.97. The first-order valence-corrected chi connectivity index (χ1v) is 14.1. The largest absolute Gasteiger partial charge is 0.465 e. The molecule has 2 nitrogen and oxygen atoms in total. The Morgan fingerprint density at radius 2 is 1.56 bits per heavy atom. The molecule has 0 amide bonds. The summed E-state index contributed by atoms with van der Waals surface area (Å²) in [6, 6.07) is 8.97. The highest BCUT2D eigenvalue weighted by Crippen LogP contribution is 2.60. The fourth-order valence-corrected chi connectivity index (χ4v) is 8.91. The highest BCUT2D eigenvalue weighted by Gasteiger charge is 2.55. The van der Waals surface area contributed by atoms with Crippen LogP contribution < -0.4 is 4.74 Å². The van der Waals surface area contributed by atoms with E-state index in [0.717, 1.165) is 41.3 Å². The third kappa shape index (κ3) is 3.83. The van der Waals surface area contributed by atoms with Crippen LogP contribution in [-0.4, -0.2) is 12.4 Å². The smallest absolute Gasteiger partial charge is 0.203 e. The Labute approximate surface area is 195 Å². The molecule has 1 aromatic rings. The summed E-state index contributed by atoms with van der Waals surface area (Å²) in [5, 5.41) is 0. The molecule has 0 spiro atoms. The van der Waals surface area contributed by atoms with E-state index in [2.05, 4.69) is 38.1 Å². The Morgan fingerprint density at radius 3 is 2.41 bits per heavy atom. The fourth-order valence-electron chi connectivity index (χ4n) is 8.91. The van der Waals surface area contributed by atoms with E-state index in [4.69, 9.17) is 9.47 Å². The van der Waals surface area contributed by atoms with Gasteiger partial charge >= 0.3 is 0 Å². The Hall–Kier alpha value is -1.02. The second-order valence-corrected chi connectivity index (χ2v) is 12.1. The molecule has 2 heteroatoms. The highest BCUT2D eigenvalue weighted by atomic mass is 16.7. The van der Waals surface area contributed by atoms with E-state index in [9.17, 15) is 0 Å². The minimum Gasteiger partial charge on any atom is -0.465 e. The van der Waals surface area contributed by atoms with Gasteiger partial charge in [-0.3, -0.25) is 0 Å². The normalized spacial score (nSPS) is 41.9. The molecular weight excluding hydrogens is 392 g/mol. The molecule has 10 unspecified atom stereocenters. The van der Waals surface area contributed by atoms with E-state index in [1.807, 2.05) is 0 Å². The number of ether oxygens (including phenoxy) is 2. The molecule has 10 atom stereocenters. The molecule has 0 aliphatic heterocycles. The van der Waals surface area contributed by atoms with Gasteiger partial charge in [-0.1, -0.05) is 51.7 Å². The third-order valence-electron chi connectivity index (χ3n) is 10.7. The molecule has 0 radical (unpaired) electrons. The predicted octanol–water partition coefficient (Wildman–Crippen LogP) is 7.96. The molecule has 0 saturated heterocycles. The van der Waals surface area contributed by atoms with Crippen molar-refractivity contribution in [1.29, 1.82) is 0 Å². The zero-order chi connectivity index (χ0) is 21.7. The monoisotopic (exact) mass is 436 g/mol. The Kier molecular flexibility index (Phi) is 6.03. The van der Waals surface area contributed by atoms with Crippen LogP contribution in [0, 0.1) is 41.4 Å². The van der Waals surface area contributed by atoms with Gasteiger partial charge < -0.3 is 9.47 Å². The van der Waals surface area contributed by atoms with Gasteiger partial charge in [-0.2, -0.15) is 0 Å². The first-order valence-electron chi connectivity index (χ1n) is 14.1. The van der Waals surface area contributed by atoms with E-state index in [0.29, 0.717) is 17.9 Å². The van der Waals surface area contributed by atoms with Crippen molar-refractivity contribution < 1.29 is 9.47 Å². The molecule has 5 aliphatic rings. The predicted molar refractivity (Wildman–Crippen MR) is 130 cm³/mol. The zero-order valence-corrected chi connectivity index (χ0v) is 20.4.